The molecule has 2 aliphatic carbocycles. The molecule has 40 heavy (non-hydrogen) atoms. The first-order valence-corrected chi connectivity index (χ1v) is 14.6. The third-order valence-electron chi connectivity index (χ3n) is 8.21. The molecule has 1 N–H and O–H groups in total. The van der Waals surface area contributed by atoms with E-state index in [9.17, 15) is 5.11 Å². The number of ether oxygens (including phenoxy) is 3. The monoisotopic (exact) mass is 552 g/mol. The van der Waals surface area contributed by atoms with Crippen molar-refractivity contribution in [2.75, 3.05) is 53.6 Å². The molecule has 2 aromatic carbocycles. The minimum atomic E-state index is -0.328. The molecule has 0 saturated heterocycles. The van der Waals surface area contributed by atoms with E-state index in [4.69, 9.17) is 14.2 Å². The number of allylic oxidation sites excluding steroid dienone is 1. The Morgan fingerprint density at radius 1 is 1.05 bits per heavy atom. The SMILES string of the molecule is CCOCCN(C)CCOc1ccc(CN(CC)C2C=C(OC)C=CC2[C@@H]2CCc3cc(O)ccc3C2)cc1F. The second kappa shape index (κ2) is 14.7. The average Bonchev–Trinajstić information content (AvgIpc) is 2.96. The quantitative estimate of drug-likeness (QED) is 0.309. The van der Waals surface area contributed by atoms with Crippen molar-refractivity contribution in [2.45, 2.75) is 45.7 Å². The van der Waals surface area contributed by atoms with E-state index in [-0.39, 0.29) is 17.6 Å². The number of methoxy groups -OCH3 is 1. The van der Waals surface area contributed by atoms with Crippen LogP contribution in [0.4, 0.5) is 4.39 Å². The Bertz CT molecular complexity index is 1170. The van der Waals surface area contributed by atoms with E-state index in [1.54, 1.807) is 25.3 Å². The predicted molar refractivity (Wildman–Crippen MR) is 157 cm³/mol. The van der Waals surface area contributed by atoms with Crippen molar-refractivity contribution in [3.63, 3.8) is 0 Å². The van der Waals surface area contributed by atoms with Gasteiger partial charge in [0.1, 0.15) is 18.1 Å². The van der Waals surface area contributed by atoms with Crippen LogP contribution in [-0.2, 0) is 28.9 Å². The van der Waals surface area contributed by atoms with Crippen molar-refractivity contribution in [1.29, 1.82) is 0 Å². The fourth-order valence-corrected chi connectivity index (χ4v) is 5.88. The number of aromatic hydroxyl groups is 1. The van der Waals surface area contributed by atoms with E-state index >= 15 is 4.39 Å². The zero-order chi connectivity index (χ0) is 28.5. The normalized spacial score (nSPS) is 20.5. The zero-order valence-electron chi connectivity index (χ0n) is 24.4. The van der Waals surface area contributed by atoms with Crippen LogP contribution in [0.3, 0.4) is 0 Å². The van der Waals surface area contributed by atoms with Gasteiger partial charge in [0, 0.05) is 32.3 Å². The lowest BCUT2D eigenvalue weighted by Gasteiger charge is -2.41. The Kier molecular flexibility index (Phi) is 11.0. The number of aryl methyl sites for hydroxylation is 1. The number of fused-ring (bicyclic) bond motifs is 1. The molecular formula is C33H45FN2O4. The van der Waals surface area contributed by atoms with Crippen LogP contribution in [-0.4, -0.2) is 74.6 Å². The lowest BCUT2D eigenvalue weighted by atomic mass is 9.72. The van der Waals surface area contributed by atoms with Crippen molar-refractivity contribution in [3.8, 4) is 11.5 Å². The van der Waals surface area contributed by atoms with Gasteiger partial charge in [-0.1, -0.05) is 25.1 Å². The summed E-state index contributed by atoms with van der Waals surface area (Å²) in [6, 6.07) is 11.2. The van der Waals surface area contributed by atoms with Crippen molar-refractivity contribution in [1.82, 2.24) is 9.80 Å². The van der Waals surface area contributed by atoms with Crippen LogP contribution < -0.4 is 4.74 Å². The van der Waals surface area contributed by atoms with Gasteiger partial charge in [0.2, 0.25) is 0 Å². The van der Waals surface area contributed by atoms with Crippen molar-refractivity contribution in [3.05, 3.63) is 82.9 Å². The number of likely N-dealkylation sites (N-methyl/N-ethyl adjacent to an activating group) is 2. The topological polar surface area (TPSA) is 54.4 Å². The molecule has 0 saturated carbocycles. The smallest absolute Gasteiger partial charge is 0.165 e. The molecule has 0 heterocycles. The van der Waals surface area contributed by atoms with Gasteiger partial charge in [-0.3, -0.25) is 4.90 Å². The molecule has 2 unspecified atom stereocenters. The van der Waals surface area contributed by atoms with Gasteiger partial charge in [0.25, 0.3) is 0 Å². The van der Waals surface area contributed by atoms with Crippen LogP contribution in [0, 0.1) is 17.7 Å². The minimum Gasteiger partial charge on any atom is -0.508 e. The van der Waals surface area contributed by atoms with Crippen molar-refractivity contribution >= 4 is 0 Å². The van der Waals surface area contributed by atoms with E-state index in [1.807, 2.05) is 26.1 Å². The highest BCUT2D eigenvalue weighted by molar-refractivity contribution is 5.37. The number of halogens is 1. The molecule has 0 aliphatic heterocycles. The summed E-state index contributed by atoms with van der Waals surface area (Å²) < 4.78 is 31.8. The van der Waals surface area contributed by atoms with E-state index < -0.39 is 0 Å². The number of hydrogen-bond donors (Lipinski definition) is 1. The van der Waals surface area contributed by atoms with Gasteiger partial charge in [0.15, 0.2) is 11.6 Å². The average molecular weight is 553 g/mol. The molecule has 218 valence electrons. The molecule has 4 rings (SSSR count). The van der Waals surface area contributed by atoms with Gasteiger partial charge in [-0.05, 0) is 105 Å². The van der Waals surface area contributed by atoms with Crippen molar-refractivity contribution in [2.24, 2.45) is 11.8 Å². The highest BCUT2D eigenvalue weighted by atomic mass is 19.1. The Labute approximate surface area is 239 Å². The van der Waals surface area contributed by atoms with E-state index in [2.05, 4.69) is 41.0 Å². The molecule has 0 fully saturated rings. The zero-order valence-corrected chi connectivity index (χ0v) is 24.4. The molecule has 6 nitrogen and oxygen atoms in total. The maximum Gasteiger partial charge on any atom is 0.165 e. The largest absolute Gasteiger partial charge is 0.508 e. The van der Waals surface area contributed by atoms with Crippen LogP contribution in [0.5, 0.6) is 11.5 Å². The summed E-state index contributed by atoms with van der Waals surface area (Å²) in [5.41, 5.74) is 3.50. The molecule has 3 atom stereocenters. The Morgan fingerprint density at radius 3 is 2.62 bits per heavy atom. The number of phenolic OH excluding ortho intramolecular Hbond substituents is 1. The number of rotatable bonds is 14. The second-order valence-corrected chi connectivity index (χ2v) is 10.8. The van der Waals surface area contributed by atoms with Crippen LogP contribution in [0.1, 0.15) is 37.0 Å². The molecule has 0 amide bonds. The third-order valence-corrected chi connectivity index (χ3v) is 8.21. The van der Waals surface area contributed by atoms with Crippen LogP contribution in [0.15, 0.2) is 60.4 Å². The van der Waals surface area contributed by atoms with E-state index in [0.29, 0.717) is 50.5 Å². The Morgan fingerprint density at radius 2 is 1.88 bits per heavy atom. The molecule has 2 aromatic rings. The van der Waals surface area contributed by atoms with Gasteiger partial charge in [-0.15, -0.1) is 0 Å². The fourth-order valence-electron chi connectivity index (χ4n) is 5.88. The molecule has 0 aromatic heterocycles. The van der Waals surface area contributed by atoms with E-state index in [1.165, 1.54) is 11.1 Å². The first kappa shape index (κ1) is 30.1. The van der Waals surface area contributed by atoms with Gasteiger partial charge in [0.05, 0.1) is 13.7 Å². The number of phenols is 1. The molecule has 7 heteroatoms. The summed E-state index contributed by atoms with van der Waals surface area (Å²) in [5, 5.41) is 9.90. The molecule has 0 spiro atoms. The molecule has 2 aliphatic rings. The van der Waals surface area contributed by atoms with Gasteiger partial charge in [-0.2, -0.15) is 0 Å². The van der Waals surface area contributed by atoms with Crippen LogP contribution in [0.2, 0.25) is 0 Å². The Balaban J connectivity index is 1.41. The molecule has 0 radical (unpaired) electrons. The van der Waals surface area contributed by atoms with E-state index in [0.717, 1.165) is 43.7 Å². The summed E-state index contributed by atoms with van der Waals surface area (Å²) in [4.78, 5) is 4.52. The highest BCUT2D eigenvalue weighted by Gasteiger charge is 2.34. The molecule has 0 bridgehead atoms. The summed E-state index contributed by atoms with van der Waals surface area (Å²) >= 11 is 0. The maximum absolute atomic E-state index is 15.0. The second-order valence-electron chi connectivity index (χ2n) is 10.8. The third kappa shape index (κ3) is 7.87. The fraction of sp³-hybridized carbons (Fsp3) is 0.515. The Hall–Kier alpha value is -2.87. The molecular weight excluding hydrogens is 507 g/mol. The summed E-state index contributed by atoms with van der Waals surface area (Å²) in [5.74, 6) is 1.95. The lowest BCUT2D eigenvalue weighted by Crippen LogP contribution is -2.43. The van der Waals surface area contributed by atoms with Gasteiger partial charge >= 0.3 is 0 Å². The number of nitrogens with zero attached hydrogens (tertiary/aromatic N) is 2. The first-order chi connectivity index (χ1) is 19.4. The first-order valence-electron chi connectivity index (χ1n) is 14.6. The standard InChI is InChI=1S/C33H45FN2O4/c1-5-36(23-24-7-14-33(31(34)19-24)40-18-16-35(3)15-17-39-6-2)32-22-29(38-4)12-13-30(32)27-9-8-26-21-28(37)11-10-25(26)20-27/h7,10-14,19,21-22,27,30,32,37H,5-6,8-9,15-18,20,23H2,1-4H3/t27-,30?,32?/m1/s1. The van der Waals surface area contributed by atoms with Gasteiger partial charge in [-0.25, -0.2) is 4.39 Å². The lowest BCUT2D eigenvalue weighted by molar-refractivity contribution is 0.116. The number of benzene rings is 2. The van der Waals surface area contributed by atoms with Crippen molar-refractivity contribution < 1.29 is 23.7 Å². The predicted octanol–water partition coefficient (Wildman–Crippen LogP) is 5.59. The number of hydrogen-bond acceptors (Lipinski definition) is 6. The van der Waals surface area contributed by atoms with Crippen LogP contribution >= 0.6 is 0 Å². The summed E-state index contributed by atoms with van der Waals surface area (Å²) in [6.45, 7) is 8.93. The highest BCUT2D eigenvalue weighted by Crippen LogP contribution is 2.38. The summed E-state index contributed by atoms with van der Waals surface area (Å²) in [6.07, 6.45) is 9.61. The van der Waals surface area contributed by atoms with Crippen LogP contribution in [0.25, 0.3) is 0 Å². The summed E-state index contributed by atoms with van der Waals surface area (Å²) in [7, 11) is 3.72. The minimum absolute atomic E-state index is 0.139. The van der Waals surface area contributed by atoms with Gasteiger partial charge < -0.3 is 24.2 Å². The maximum atomic E-state index is 15.0.